The van der Waals surface area contributed by atoms with Gasteiger partial charge in [0.25, 0.3) is 0 Å². The van der Waals surface area contributed by atoms with Crippen LogP contribution in [0.5, 0.6) is 11.5 Å². The summed E-state index contributed by atoms with van der Waals surface area (Å²) in [6.07, 6.45) is 4.88. The fourth-order valence-electron chi connectivity index (χ4n) is 2.72. The van der Waals surface area contributed by atoms with Gasteiger partial charge in [0.05, 0.1) is 26.5 Å². The third-order valence-electron chi connectivity index (χ3n) is 4.06. The van der Waals surface area contributed by atoms with E-state index in [1.54, 1.807) is 30.1 Å². The van der Waals surface area contributed by atoms with E-state index < -0.39 is 0 Å². The van der Waals surface area contributed by atoms with E-state index in [-0.39, 0.29) is 5.91 Å². The quantitative estimate of drug-likeness (QED) is 0.603. The van der Waals surface area contributed by atoms with E-state index in [2.05, 4.69) is 10.4 Å². The number of carbonyl (C=O) groups excluding carboxylic acids is 1. The van der Waals surface area contributed by atoms with Crippen molar-refractivity contribution < 1.29 is 14.3 Å². The first-order valence-electron chi connectivity index (χ1n) is 9.05. The number of benzene rings is 2. The summed E-state index contributed by atoms with van der Waals surface area (Å²) in [4.78, 5) is 12.3. The van der Waals surface area contributed by atoms with Crippen LogP contribution >= 0.6 is 0 Å². The molecule has 0 saturated carbocycles. The van der Waals surface area contributed by atoms with Gasteiger partial charge in [-0.25, -0.2) is 4.68 Å². The first-order valence-corrected chi connectivity index (χ1v) is 9.05. The van der Waals surface area contributed by atoms with Gasteiger partial charge in [0.15, 0.2) is 11.5 Å². The zero-order chi connectivity index (χ0) is 19.8. The lowest BCUT2D eigenvalue weighted by Gasteiger charge is -2.09. The molecule has 1 amide bonds. The minimum absolute atomic E-state index is 0.234. The van der Waals surface area contributed by atoms with Crippen molar-refractivity contribution >= 4 is 17.8 Å². The Bertz CT molecular complexity index is 949. The Hall–Kier alpha value is -3.54. The fraction of sp³-hybridized carbons (Fsp3) is 0.182. The first-order chi connectivity index (χ1) is 13.7. The van der Waals surface area contributed by atoms with Crippen molar-refractivity contribution in [2.75, 3.05) is 19.0 Å². The summed E-state index contributed by atoms with van der Waals surface area (Å²) in [6, 6.07) is 17.3. The molecule has 1 aromatic heterocycles. The number of nitrogens with one attached hydrogen (secondary N) is 1. The van der Waals surface area contributed by atoms with Gasteiger partial charge >= 0.3 is 0 Å². The molecule has 28 heavy (non-hydrogen) atoms. The SMILES string of the molecule is CCOc1ccc(/C=C/C(=O)Nc2ccnn2Cc2ccccc2)cc1OC. The maximum Gasteiger partial charge on any atom is 0.249 e. The average Bonchev–Trinajstić information content (AvgIpc) is 3.14. The van der Waals surface area contributed by atoms with Crippen molar-refractivity contribution in [2.24, 2.45) is 0 Å². The molecule has 6 heteroatoms. The number of aromatic nitrogens is 2. The number of methoxy groups -OCH3 is 1. The van der Waals surface area contributed by atoms with Gasteiger partial charge in [-0.2, -0.15) is 5.10 Å². The minimum Gasteiger partial charge on any atom is -0.493 e. The predicted octanol–water partition coefficient (Wildman–Crippen LogP) is 3.99. The van der Waals surface area contributed by atoms with Gasteiger partial charge < -0.3 is 14.8 Å². The van der Waals surface area contributed by atoms with Gasteiger partial charge in [-0.3, -0.25) is 4.79 Å². The van der Waals surface area contributed by atoms with Gasteiger partial charge in [0, 0.05) is 12.1 Å². The normalized spacial score (nSPS) is 10.8. The predicted molar refractivity (Wildman–Crippen MR) is 110 cm³/mol. The molecule has 0 aliphatic rings. The molecule has 0 atom stereocenters. The second-order valence-corrected chi connectivity index (χ2v) is 6.03. The number of hydrogen-bond acceptors (Lipinski definition) is 4. The highest BCUT2D eigenvalue weighted by atomic mass is 16.5. The molecule has 0 fully saturated rings. The molecule has 0 saturated heterocycles. The highest BCUT2D eigenvalue weighted by Crippen LogP contribution is 2.28. The van der Waals surface area contributed by atoms with Crippen molar-refractivity contribution in [1.82, 2.24) is 9.78 Å². The average molecular weight is 377 g/mol. The van der Waals surface area contributed by atoms with Gasteiger partial charge in [-0.05, 0) is 36.3 Å². The van der Waals surface area contributed by atoms with Gasteiger partial charge in [0.1, 0.15) is 5.82 Å². The summed E-state index contributed by atoms with van der Waals surface area (Å²) < 4.78 is 12.6. The van der Waals surface area contributed by atoms with Crippen molar-refractivity contribution in [1.29, 1.82) is 0 Å². The first kappa shape index (κ1) is 19.2. The van der Waals surface area contributed by atoms with Gasteiger partial charge in [-0.15, -0.1) is 0 Å². The molecule has 1 N–H and O–H groups in total. The lowest BCUT2D eigenvalue weighted by molar-refractivity contribution is -0.111. The summed E-state index contributed by atoms with van der Waals surface area (Å²) >= 11 is 0. The fourth-order valence-corrected chi connectivity index (χ4v) is 2.72. The topological polar surface area (TPSA) is 65.4 Å². The van der Waals surface area contributed by atoms with E-state index in [4.69, 9.17) is 9.47 Å². The second-order valence-electron chi connectivity index (χ2n) is 6.03. The van der Waals surface area contributed by atoms with Crippen LogP contribution in [0.25, 0.3) is 6.08 Å². The molecule has 0 bridgehead atoms. The van der Waals surface area contributed by atoms with Gasteiger partial charge in [0.2, 0.25) is 5.91 Å². The van der Waals surface area contributed by atoms with Crippen molar-refractivity contribution in [3.63, 3.8) is 0 Å². The molecule has 3 aromatic rings. The monoisotopic (exact) mass is 377 g/mol. The summed E-state index contributed by atoms with van der Waals surface area (Å²) in [5.41, 5.74) is 1.95. The lowest BCUT2D eigenvalue weighted by Crippen LogP contribution is -2.13. The van der Waals surface area contributed by atoms with E-state index in [1.807, 2.05) is 55.5 Å². The van der Waals surface area contributed by atoms with Crippen molar-refractivity contribution in [3.05, 3.63) is 78.0 Å². The Kier molecular flexibility index (Phi) is 6.46. The van der Waals surface area contributed by atoms with Crippen LogP contribution in [0.3, 0.4) is 0 Å². The van der Waals surface area contributed by atoms with E-state index in [9.17, 15) is 4.79 Å². The van der Waals surface area contributed by atoms with E-state index in [1.165, 1.54) is 6.08 Å². The van der Waals surface area contributed by atoms with E-state index >= 15 is 0 Å². The van der Waals surface area contributed by atoms with Crippen LogP contribution in [-0.2, 0) is 11.3 Å². The van der Waals surface area contributed by atoms with Crippen LogP contribution < -0.4 is 14.8 Å². The molecule has 2 aromatic carbocycles. The zero-order valence-corrected chi connectivity index (χ0v) is 16.0. The number of nitrogens with zero attached hydrogens (tertiary/aromatic N) is 2. The lowest BCUT2D eigenvalue weighted by atomic mass is 10.2. The number of ether oxygens (including phenoxy) is 2. The highest BCUT2D eigenvalue weighted by molar-refractivity contribution is 6.01. The number of rotatable bonds is 8. The Labute approximate surface area is 164 Å². The Morgan fingerprint density at radius 2 is 1.96 bits per heavy atom. The van der Waals surface area contributed by atoms with Crippen LogP contribution in [0.2, 0.25) is 0 Å². The summed E-state index contributed by atoms with van der Waals surface area (Å²) in [5.74, 6) is 1.72. The largest absolute Gasteiger partial charge is 0.493 e. The number of hydrogen-bond donors (Lipinski definition) is 1. The molecular formula is C22H23N3O3. The third-order valence-corrected chi connectivity index (χ3v) is 4.06. The standard InChI is InChI=1S/C22H23N3O3/c1-3-28-19-11-9-17(15-20(19)27-2)10-12-22(26)24-21-13-14-23-25(21)16-18-7-5-4-6-8-18/h4-15H,3,16H2,1-2H3,(H,24,26)/b12-10+. The van der Waals surface area contributed by atoms with Crippen LogP contribution in [0.4, 0.5) is 5.82 Å². The third kappa shape index (κ3) is 5.01. The number of carbonyl (C=O) groups is 1. The molecule has 3 rings (SSSR count). The van der Waals surface area contributed by atoms with E-state index in [0.29, 0.717) is 30.5 Å². The molecule has 144 valence electrons. The highest BCUT2D eigenvalue weighted by Gasteiger charge is 2.07. The smallest absolute Gasteiger partial charge is 0.249 e. The molecule has 0 radical (unpaired) electrons. The summed E-state index contributed by atoms with van der Waals surface area (Å²) in [5, 5.41) is 7.14. The Morgan fingerprint density at radius 1 is 1.14 bits per heavy atom. The van der Waals surface area contributed by atoms with Crippen LogP contribution in [0.1, 0.15) is 18.1 Å². The number of anilines is 1. The second kappa shape index (κ2) is 9.41. The number of amides is 1. The van der Waals surface area contributed by atoms with Gasteiger partial charge in [-0.1, -0.05) is 36.4 Å². The van der Waals surface area contributed by atoms with Crippen LogP contribution in [0.15, 0.2) is 66.9 Å². The molecular weight excluding hydrogens is 354 g/mol. The maximum absolute atomic E-state index is 12.3. The molecule has 0 aliphatic heterocycles. The molecule has 0 unspecified atom stereocenters. The van der Waals surface area contributed by atoms with Crippen molar-refractivity contribution in [2.45, 2.75) is 13.5 Å². The molecule has 0 aliphatic carbocycles. The van der Waals surface area contributed by atoms with Crippen LogP contribution in [0, 0.1) is 0 Å². The zero-order valence-electron chi connectivity index (χ0n) is 16.0. The molecule has 1 heterocycles. The minimum atomic E-state index is -0.234. The Balaban J connectivity index is 1.65. The summed E-state index contributed by atoms with van der Waals surface area (Å²) in [6.45, 7) is 3.06. The van der Waals surface area contributed by atoms with Crippen molar-refractivity contribution in [3.8, 4) is 11.5 Å². The summed E-state index contributed by atoms with van der Waals surface area (Å²) in [7, 11) is 1.59. The molecule has 6 nitrogen and oxygen atoms in total. The maximum atomic E-state index is 12.3. The Morgan fingerprint density at radius 3 is 2.71 bits per heavy atom. The molecule has 0 spiro atoms. The van der Waals surface area contributed by atoms with E-state index in [0.717, 1.165) is 11.1 Å². The van der Waals surface area contributed by atoms with Crippen LogP contribution in [-0.4, -0.2) is 29.4 Å².